The number of hydrogen-bond acceptors (Lipinski definition) is 3. The molecule has 2 heterocycles. The van der Waals surface area contributed by atoms with Gasteiger partial charge in [0.15, 0.2) is 0 Å². The van der Waals surface area contributed by atoms with Crippen LogP contribution in [0.4, 0.5) is 0 Å². The van der Waals surface area contributed by atoms with Crippen molar-refractivity contribution in [1.29, 1.82) is 0 Å². The van der Waals surface area contributed by atoms with Crippen molar-refractivity contribution in [3.05, 3.63) is 46.6 Å². The zero-order valence-corrected chi connectivity index (χ0v) is 13.2. The van der Waals surface area contributed by atoms with Crippen LogP contribution in [0.5, 0.6) is 0 Å². The standard InChI is InChI=1S/C17H19ClN2O2/c18-14-15(19-10-5-2-6-11-19)17(22)20(16(14)21)12-9-13-7-3-1-4-8-13/h1,3-4,7-8H,2,5-6,9-12H2. The van der Waals surface area contributed by atoms with E-state index in [1.807, 2.05) is 35.2 Å². The summed E-state index contributed by atoms with van der Waals surface area (Å²) < 4.78 is 0. The van der Waals surface area contributed by atoms with Gasteiger partial charge in [-0.05, 0) is 31.2 Å². The van der Waals surface area contributed by atoms with Crippen molar-refractivity contribution in [3.8, 4) is 0 Å². The number of imide groups is 1. The number of rotatable bonds is 4. The predicted molar refractivity (Wildman–Crippen MR) is 85.2 cm³/mol. The molecule has 1 fully saturated rings. The molecule has 0 aliphatic carbocycles. The van der Waals surface area contributed by atoms with Crippen molar-refractivity contribution < 1.29 is 9.59 Å². The summed E-state index contributed by atoms with van der Waals surface area (Å²) in [5.41, 5.74) is 1.50. The number of halogens is 1. The molecule has 0 saturated carbocycles. The molecule has 2 aliphatic heterocycles. The Labute approximate surface area is 135 Å². The van der Waals surface area contributed by atoms with E-state index in [9.17, 15) is 9.59 Å². The second kappa shape index (κ2) is 6.53. The minimum absolute atomic E-state index is 0.0833. The van der Waals surface area contributed by atoms with E-state index in [4.69, 9.17) is 11.6 Å². The molecule has 2 amide bonds. The van der Waals surface area contributed by atoms with Crippen LogP contribution in [-0.4, -0.2) is 41.2 Å². The second-order valence-corrected chi connectivity index (χ2v) is 6.09. The third-order valence-electron chi connectivity index (χ3n) is 4.23. The number of likely N-dealkylation sites (tertiary alicyclic amines) is 1. The Morgan fingerprint density at radius 1 is 0.955 bits per heavy atom. The van der Waals surface area contributed by atoms with E-state index >= 15 is 0 Å². The number of piperidine rings is 1. The fraction of sp³-hybridized carbons (Fsp3) is 0.412. The van der Waals surface area contributed by atoms with Crippen LogP contribution >= 0.6 is 11.6 Å². The van der Waals surface area contributed by atoms with Gasteiger partial charge in [-0.2, -0.15) is 0 Å². The van der Waals surface area contributed by atoms with Gasteiger partial charge < -0.3 is 4.90 Å². The summed E-state index contributed by atoms with van der Waals surface area (Å²) in [4.78, 5) is 28.1. The molecular formula is C17H19ClN2O2. The summed E-state index contributed by atoms with van der Waals surface area (Å²) >= 11 is 6.16. The van der Waals surface area contributed by atoms with Crippen LogP contribution in [0, 0.1) is 0 Å². The van der Waals surface area contributed by atoms with Gasteiger partial charge in [-0.1, -0.05) is 41.9 Å². The molecule has 22 heavy (non-hydrogen) atoms. The smallest absolute Gasteiger partial charge is 0.278 e. The molecule has 1 aromatic carbocycles. The van der Waals surface area contributed by atoms with Crippen LogP contribution in [-0.2, 0) is 16.0 Å². The Morgan fingerprint density at radius 3 is 2.32 bits per heavy atom. The molecule has 0 atom stereocenters. The van der Waals surface area contributed by atoms with Crippen molar-refractivity contribution in [2.45, 2.75) is 25.7 Å². The lowest BCUT2D eigenvalue weighted by atomic mass is 10.1. The first-order valence-electron chi connectivity index (χ1n) is 7.73. The van der Waals surface area contributed by atoms with E-state index in [-0.39, 0.29) is 16.8 Å². The molecule has 1 saturated heterocycles. The molecule has 3 rings (SSSR count). The third-order valence-corrected chi connectivity index (χ3v) is 4.57. The maximum Gasteiger partial charge on any atom is 0.278 e. The van der Waals surface area contributed by atoms with Crippen molar-refractivity contribution in [3.63, 3.8) is 0 Å². The second-order valence-electron chi connectivity index (χ2n) is 5.71. The lowest BCUT2D eigenvalue weighted by molar-refractivity contribution is -0.138. The van der Waals surface area contributed by atoms with Crippen molar-refractivity contribution >= 4 is 23.4 Å². The van der Waals surface area contributed by atoms with E-state index < -0.39 is 0 Å². The van der Waals surface area contributed by atoms with Gasteiger partial charge in [0.2, 0.25) is 0 Å². The molecule has 0 aromatic heterocycles. The van der Waals surface area contributed by atoms with E-state index in [1.165, 1.54) is 11.3 Å². The first kappa shape index (κ1) is 15.1. The summed E-state index contributed by atoms with van der Waals surface area (Å²) in [5, 5.41) is 0.0833. The summed E-state index contributed by atoms with van der Waals surface area (Å²) in [7, 11) is 0. The monoisotopic (exact) mass is 318 g/mol. The Balaban J connectivity index is 1.70. The van der Waals surface area contributed by atoms with Crippen LogP contribution in [0.1, 0.15) is 24.8 Å². The minimum atomic E-state index is -0.358. The molecule has 2 aliphatic rings. The maximum atomic E-state index is 12.6. The van der Waals surface area contributed by atoms with Gasteiger partial charge in [0.25, 0.3) is 11.8 Å². The van der Waals surface area contributed by atoms with Crippen molar-refractivity contribution in [1.82, 2.24) is 9.80 Å². The fourth-order valence-corrected chi connectivity index (χ4v) is 3.32. The van der Waals surface area contributed by atoms with E-state index in [0.29, 0.717) is 18.7 Å². The van der Waals surface area contributed by atoms with Crippen LogP contribution < -0.4 is 0 Å². The van der Waals surface area contributed by atoms with Crippen LogP contribution in [0.3, 0.4) is 0 Å². The molecule has 0 spiro atoms. The zero-order chi connectivity index (χ0) is 15.5. The number of hydrogen-bond donors (Lipinski definition) is 0. The average Bonchev–Trinajstić information content (AvgIpc) is 2.77. The molecule has 0 bridgehead atoms. The highest BCUT2D eigenvalue weighted by Crippen LogP contribution is 2.29. The third kappa shape index (κ3) is 2.88. The van der Waals surface area contributed by atoms with Gasteiger partial charge >= 0.3 is 0 Å². The van der Waals surface area contributed by atoms with Gasteiger partial charge in [0.1, 0.15) is 10.7 Å². The quantitative estimate of drug-likeness (QED) is 0.801. The van der Waals surface area contributed by atoms with E-state index in [2.05, 4.69) is 0 Å². The molecule has 116 valence electrons. The normalized spacial score (nSPS) is 19.3. The largest absolute Gasteiger partial charge is 0.366 e. The molecular weight excluding hydrogens is 300 g/mol. The first-order valence-corrected chi connectivity index (χ1v) is 8.11. The molecule has 0 radical (unpaired) electrons. The highest BCUT2D eigenvalue weighted by atomic mass is 35.5. The highest BCUT2D eigenvalue weighted by molar-refractivity contribution is 6.47. The SMILES string of the molecule is O=C1C(Cl)=C(N2CCCCC2)C(=O)N1CCc1ccccc1. The van der Waals surface area contributed by atoms with E-state index in [1.54, 1.807) is 0 Å². The van der Waals surface area contributed by atoms with Crippen LogP contribution in [0.25, 0.3) is 0 Å². The highest BCUT2D eigenvalue weighted by Gasteiger charge is 2.40. The van der Waals surface area contributed by atoms with Crippen LogP contribution in [0.15, 0.2) is 41.1 Å². The predicted octanol–water partition coefficient (Wildman–Crippen LogP) is 2.53. The van der Waals surface area contributed by atoms with Crippen molar-refractivity contribution in [2.24, 2.45) is 0 Å². The number of benzene rings is 1. The van der Waals surface area contributed by atoms with Gasteiger partial charge in [-0.15, -0.1) is 0 Å². The summed E-state index contributed by atoms with van der Waals surface area (Å²) in [5.74, 6) is -0.601. The number of carbonyl (C=O) groups is 2. The molecule has 5 heteroatoms. The molecule has 4 nitrogen and oxygen atoms in total. The fourth-order valence-electron chi connectivity index (χ4n) is 3.01. The van der Waals surface area contributed by atoms with Gasteiger partial charge in [0.05, 0.1) is 0 Å². The number of carbonyl (C=O) groups excluding carboxylic acids is 2. The minimum Gasteiger partial charge on any atom is -0.366 e. The van der Waals surface area contributed by atoms with Gasteiger partial charge in [0, 0.05) is 19.6 Å². The lowest BCUT2D eigenvalue weighted by Crippen LogP contribution is -2.38. The Bertz CT molecular complexity index is 606. The zero-order valence-electron chi connectivity index (χ0n) is 12.4. The summed E-state index contributed by atoms with van der Waals surface area (Å²) in [6.45, 7) is 1.98. The van der Waals surface area contributed by atoms with Crippen molar-refractivity contribution in [2.75, 3.05) is 19.6 Å². The van der Waals surface area contributed by atoms with Gasteiger partial charge in [-0.25, -0.2) is 0 Å². The number of amides is 2. The molecule has 0 N–H and O–H groups in total. The average molecular weight is 319 g/mol. The summed E-state index contributed by atoms with van der Waals surface area (Å²) in [6.07, 6.45) is 3.90. The van der Waals surface area contributed by atoms with E-state index in [0.717, 1.165) is 31.5 Å². The lowest BCUT2D eigenvalue weighted by Gasteiger charge is -2.29. The van der Waals surface area contributed by atoms with Gasteiger partial charge in [-0.3, -0.25) is 14.5 Å². The molecule has 0 unspecified atom stereocenters. The number of nitrogens with zero attached hydrogens (tertiary/aromatic N) is 2. The Kier molecular flexibility index (Phi) is 4.48. The first-order chi connectivity index (χ1) is 10.7. The Hall–Kier alpha value is -1.81. The summed E-state index contributed by atoms with van der Waals surface area (Å²) in [6, 6.07) is 9.83. The topological polar surface area (TPSA) is 40.6 Å². The maximum absolute atomic E-state index is 12.6. The Morgan fingerprint density at radius 2 is 1.64 bits per heavy atom. The van der Waals surface area contributed by atoms with Crippen LogP contribution in [0.2, 0.25) is 0 Å². The molecule has 1 aromatic rings.